The molecule has 0 aromatic heterocycles. The van der Waals surface area contributed by atoms with Crippen molar-refractivity contribution in [2.24, 2.45) is 0 Å². The maximum absolute atomic E-state index is 11.6. The Hall–Kier alpha value is -4.99. The van der Waals surface area contributed by atoms with Crippen LogP contribution in [0.4, 0.5) is 11.4 Å². The van der Waals surface area contributed by atoms with E-state index >= 15 is 0 Å². The molecule has 4 N–H and O–H groups in total. The van der Waals surface area contributed by atoms with E-state index in [2.05, 4.69) is 0 Å². The van der Waals surface area contributed by atoms with Gasteiger partial charge in [-0.3, -0.25) is 9.59 Å². The Kier molecular flexibility index (Phi) is 8.43. The molecule has 0 unspecified atom stereocenters. The van der Waals surface area contributed by atoms with Gasteiger partial charge in [0.05, 0.1) is 23.0 Å². The van der Waals surface area contributed by atoms with Crippen LogP contribution in [0, 0.1) is 0 Å². The maximum atomic E-state index is 11.6. The van der Waals surface area contributed by atoms with Crippen LogP contribution in [-0.4, -0.2) is 67.7 Å². The number of anilines is 1. The van der Waals surface area contributed by atoms with Gasteiger partial charge in [-0.15, -0.1) is 0 Å². The highest BCUT2D eigenvalue weighted by Gasteiger charge is 2.45. The summed E-state index contributed by atoms with van der Waals surface area (Å²) in [5.41, 5.74) is 3.90. The van der Waals surface area contributed by atoms with Crippen molar-refractivity contribution >= 4 is 41.0 Å². The van der Waals surface area contributed by atoms with Crippen LogP contribution in [0.5, 0.6) is 0 Å². The lowest BCUT2D eigenvalue weighted by atomic mass is 9.81. The van der Waals surface area contributed by atoms with Crippen LogP contribution in [0.1, 0.15) is 72.4 Å². The lowest BCUT2D eigenvalue weighted by molar-refractivity contribution is -0.436. The van der Waals surface area contributed by atoms with Crippen LogP contribution < -0.4 is 4.90 Å². The normalized spacial score (nSPS) is 17.6. The fourth-order valence-corrected chi connectivity index (χ4v) is 5.87. The monoisotopic (exact) mass is 587 g/mol. The molecular weight excluding hydrogens is 552 g/mol. The number of carboxylic acids is 4. The summed E-state index contributed by atoms with van der Waals surface area (Å²) in [5, 5.41) is 37.7. The standard InChI is InChI=1S/C33H34N2O8/c1-32(2)22-18-20(30(40)41)10-12-24(22)34(16-14-28(36)37)26(32)8-6-5-7-9-27-33(3,4)23-19-21(31(42)43)11-13-25(23)35(27)17-15-29(38)39/h5-13,18-19H,14-17H2,1-4H3,(H3-,36,37,38,39,40,41,42,43)/p+1. The molecule has 10 nitrogen and oxygen atoms in total. The molecule has 0 saturated heterocycles. The first-order valence-electron chi connectivity index (χ1n) is 13.8. The minimum absolute atomic E-state index is 0.0963. The number of aromatic carboxylic acids is 2. The molecule has 0 atom stereocenters. The number of benzene rings is 2. The average Bonchev–Trinajstić information content (AvgIpc) is 3.28. The van der Waals surface area contributed by atoms with Crippen LogP contribution >= 0.6 is 0 Å². The summed E-state index contributed by atoms with van der Waals surface area (Å²) in [6.07, 6.45) is 9.03. The van der Waals surface area contributed by atoms with Crippen molar-refractivity contribution in [1.82, 2.24) is 0 Å². The predicted molar refractivity (Wildman–Crippen MR) is 161 cm³/mol. The molecule has 4 rings (SSSR count). The number of rotatable bonds is 11. The number of carbonyl (C=O) groups is 4. The maximum Gasteiger partial charge on any atom is 0.335 e. The van der Waals surface area contributed by atoms with Crippen molar-refractivity contribution in [2.45, 2.75) is 51.4 Å². The second kappa shape index (κ2) is 11.7. The average molecular weight is 588 g/mol. The SMILES string of the molecule is CC1(C)C(=CC=CC=CC2=[N+](CCC(=O)O)c3ccc(C(=O)O)cc3C2(C)C)N(CCC(=O)O)c2ccc(C(=O)O)cc21. The Morgan fingerprint density at radius 1 is 0.767 bits per heavy atom. The van der Waals surface area contributed by atoms with E-state index in [4.69, 9.17) is 0 Å². The van der Waals surface area contributed by atoms with Gasteiger partial charge in [0.1, 0.15) is 6.42 Å². The molecular formula is C33H35N2O8+. The van der Waals surface area contributed by atoms with Crippen molar-refractivity contribution < 1.29 is 44.2 Å². The van der Waals surface area contributed by atoms with E-state index < -0.39 is 34.7 Å². The molecule has 0 spiro atoms. The third-order valence-corrected chi connectivity index (χ3v) is 8.11. The number of carboxylic acid groups (broad SMARTS) is 4. The van der Waals surface area contributed by atoms with E-state index in [0.29, 0.717) is 0 Å². The van der Waals surface area contributed by atoms with Crippen LogP contribution in [0.3, 0.4) is 0 Å². The Morgan fingerprint density at radius 2 is 1.37 bits per heavy atom. The fraction of sp³-hybridized carbons (Fsp3) is 0.303. The van der Waals surface area contributed by atoms with Gasteiger partial charge in [-0.1, -0.05) is 32.1 Å². The molecule has 224 valence electrons. The van der Waals surface area contributed by atoms with Crippen LogP contribution in [0.15, 0.2) is 72.5 Å². The molecule has 2 aromatic carbocycles. The molecule has 0 bridgehead atoms. The fourth-order valence-electron chi connectivity index (χ4n) is 5.87. The predicted octanol–water partition coefficient (Wildman–Crippen LogP) is 5.20. The number of nitrogens with zero attached hydrogens (tertiary/aromatic N) is 2. The highest BCUT2D eigenvalue weighted by atomic mass is 16.4. The van der Waals surface area contributed by atoms with Crippen LogP contribution in [0.25, 0.3) is 0 Å². The largest absolute Gasteiger partial charge is 0.481 e. The van der Waals surface area contributed by atoms with Gasteiger partial charge in [0.15, 0.2) is 12.3 Å². The summed E-state index contributed by atoms with van der Waals surface area (Å²) in [7, 11) is 0. The Bertz CT molecular complexity index is 1640. The summed E-state index contributed by atoms with van der Waals surface area (Å²) in [6, 6.07) is 9.72. The molecule has 0 radical (unpaired) electrons. The van der Waals surface area contributed by atoms with Gasteiger partial charge in [0, 0.05) is 41.1 Å². The zero-order chi connectivity index (χ0) is 31.7. The molecule has 2 aliphatic rings. The Balaban J connectivity index is 1.68. The molecule has 0 fully saturated rings. The van der Waals surface area contributed by atoms with E-state index in [1.807, 2.05) is 67.6 Å². The molecule has 10 heteroatoms. The highest BCUT2D eigenvalue weighted by molar-refractivity contribution is 6.04. The minimum Gasteiger partial charge on any atom is -0.481 e. The zero-order valence-corrected chi connectivity index (χ0v) is 24.5. The van der Waals surface area contributed by atoms with E-state index in [9.17, 15) is 39.6 Å². The first kappa shape index (κ1) is 31.0. The minimum atomic E-state index is -1.04. The van der Waals surface area contributed by atoms with Gasteiger partial charge in [-0.25, -0.2) is 9.59 Å². The van der Waals surface area contributed by atoms with Gasteiger partial charge < -0.3 is 25.3 Å². The van der Waals surface area contributed by atoms with Gasteiger partial charge in [0.25, 0.3) is 0 Å². The second-order valence-electron chi connectivity index (χ2n) is 11.6. The first-order valence-corrected chi connectivity index (χ1v) is 13.8. The summed E-state index contributed by atoms with van der Waals surface area (Å²) < 4.78 is 1.91. The third kappa shape index (κ3) is 5.99. The number of hydrogen-bond acceptors (Lipinski definition) is 5. The van der Waals surface area contributed by atoms with Crippen LogP contribution in [-0.2, 0) is 20.4 Å². The zero-order valence-electron chi connectivity index (χ0n) is 24.5. The van der Waals surface area contributed by atoms with Gasteiger partial charge in [-0.2, -0.15) is 4.58 Å². The summed E-state index contributed by atoms with van der Waals surface area (Å²) in [6.45, 7) is 8.30. The third-order valence-electron chi connectivity index (χ3n) is 8.11. The van der Waals surface area contributed by atoms with Gasteiger partial charge >= 0.3 is 23.9 Å². The van der Waals surface area contributed by atoms with Crippen molar-refractivity contribution in [3.05, 3.63) is 94.7 Å². The van der Waals surface area contributed by atoms with E-state index in [1.54, 1.807) is 24.3 Å². The number of aliphatic carboxylic acids is 2. The molecule has 0 aliphatic carbocycles. The molecule has 43 heavy (non-hydrogen) atoms. The molecule has 2 heterocycles. The number of hydrogen-bond donors (Lipinski definition) is 4. The first-order chi connectivity index (χ1) is 20.2. The van der Waals surface area contributed by atoms with E-state index in [-0.39, 0.29) is 37.1 Å². The molecule has 2 aliphatic heterocycles. The summed E-state index contributed by atoms with van der Waals surface area (Å²) >= 11 is 0. The number of fused-ring (bicyclic) bond motifs is 2. The van der Waals surface area contributed by atoms with Crippen molar-refractivity contribution in [2.75, 3.05) is 18.0 Å². The van der Waals surface area contributed by atoms with Crippen molar-refractivity contribution in [3.8, 4) is 0 Å². The topological polar surface area (TPSA) is 155 Å². The second-order valence-corrected chi connectivity index (χ2v) is 11.6. The van der Waals surface area contributed by atoms with Gasteiger partial charge in [0.2, 0.25) is 5.69 Å². The van der Waals surface area contributed by atoms with E-state index in [0.717, 1.165) is 33.9 Å². The lowest BCUT2D eigenvalue weighted by Gasteiger charge is -2.26. The van der Waals surface area contributed by atoms with E-state index in [1.165, 1.54) is 12.1 Å². The van der Waals surface area contributed by atoms with Crippen molar-refractivity contribution in [3.63, 3.8) is 0 Å². The lowest BCUT2D eigenvalue weighted by Crippen LogP contribution is -2.28. The smallest absolute Gasteiger partial charge is 0.335 e. The molecule has 0 saturated carbocycles. The number of allylic oxidation sites excluding steroid dienone is 6. The highest BCUT2D eigenvalue weighted by Crippen LogP contribution is 2.48. The molecule has 0 amide bonds. The Morgan fingerprint density at radius 3 is 1.98 bits per heavy atom. The summed E-state index contributed by atoms with van der Waals surface area (Å²) in [5.74, 6) is -3.95. The molecule has 2 aromatic rings. The van der Waals surface area contributed by atoms with Gasteiger partial charge in [-0.05, 0) is 55.8 Å². The van der Waals surface area contributed by atoms with Crippen LogP contribution in [0.2, 0.25) is 0 Å². The Labute approximate surface area is 249 Å². The summed E-state index contributed by atoms with van der Waals surface area (Å²) in [4.78, 5) is 47.9. The quantitative estimate of drug-likeness (QED) is 0.205. The van der Waals surface area contributed by atoms with Crippen molar-refractivity contribution in [1.29, 1.82) is 0 Å².